The summed E-state index contributed by atoms with van der Waals surface area (Å²) in [4.78, 5) is 19.2. The Morgan fingerprint density at radius 3 is 2.71 bits per heavy atom. The van der Waals surface area contributed by atoms with Gasteiger partial charge in [-0.05, 0) is 51.2 Å². The summed E-state index contributed by atoms with van der Waals surface area (Å²) in [6, 6.07) is 3.81. The first-order valence-electron chi connectivity index (χ1n) is 10.4. The first-order chi connectivity index (χ1) is 13.4. The molecule has 0 bridgehead atoms. The number of ether oxygens (including phenoxy) is 1. The van der Waals surface area contributed by atoms with Crippen molar-refractivity contribution in [3.05, 3.63) is 29.0 Å². The van der Waals surface area contributed by atoms with Gasteiger partial charge in [0.15, 0.2) is 0 Å². The third-order valence-electron chi connectivity index (χ3n) is 6.87. The van der Waals surface area contributed by atoms with Gasteiger partial charge >= 0.3 is 0 Å². The zero-order chi connectivity index (χ0) is 19.8. The number of carbonyl (C=O) groups excluding carboxylic acids is 1. The SMILES string of the molecule is C[C@]1(NC(=O)C2CCC2)CCOC2(CCN(Cc3ccc(Cl)cn3)CC2)[C@@H]1O. The van der Waals surface area contributed by atoms with Gasteiger partial charge in [-0.15, -0.1) is 0 Å². The lowest BCUT2D eigenvalue weighted by Crippen LogP contribution is -2.69. The molecule has 2 atom stereocenters. The number of piperidine rings is 1. The van der Waals surface area contributed by atoms with Gasteiger partial charge in [-0.25, -0.2) is 0 Å². The van der Waals surface area contributed by atoms with Gasteiger partial charge in [0.1, 0.15) is 6.10 Å². The Bertz CT molecular complexity index is 701. The van der Waals surface area contributed by atoms with E-state index in [0.29, 0.717) is 18.1 Å². The molecule has 1 aromatic rings. The lowest BCUT2D eigenvalue weighted by Gasteiger charge is -2.54. The lowest BCUT2D eigenvalue weighted by molar-refractivity contribution is -0.208. The first-order valence-corrected chi connectivity index (χ1v) is 10.7. The molecule has 1 spiro atoms. The summed E-state index contributed by atoms with van der Waals surface area (Å²) in [5, 5.41) is 15.1. The number of halogens is 1. The highest BCUT2D eigenvalue weighted by Gasteiger charge is 2.54. The molecule has 0 radical (unpaired) electrons. The number of likely N-dealkylation sites (tertiary alicyclic amines) is 1. The van der Waals surface area contributed by atoms with Crippen LogP contribution in [0.5, 0.6) is 0 Å². The van der Waals surface area contributed by atoms with E-state index in [9.17, 15) is 9.90 Å². The van der Waals surface area contributed by atoms with Crippen molar-refractivity contribution in [2.45, 2.75) is 69.2 Å². The van der Waals surface area contributed by atoms with Crippen LogP contribution in [-0.2, 0) is 16.1 Å². The molecule has 3 aliphatic rings. The van der Waals surface area contributed by atoms with Crippen molar-refractivity contribution in [3.63, 3.8) is 0 Å². The van der Waals surface area contributed by atoms with E-state index in [2.05, 4.69) is 15.2 Å². The maximum atomic E-state index is 12.5. The molecule has 3 fully saturated rings. The van der Waals surface area contributed by atoms with E-state index in [-0.39, 0.29) is 11.8 Å². The van der Waals surface area contributed by atoms with Gasteiger partial charge in [-0.3, -0.25) is 14.7 Å². The number of nitrogens with one attached hydrogen (secondary N) is 1. The standard InChI is InChI=1S/C21H30ClN3O3/c1-20(24-18(26)15-3-2-4-15)9-12-28-21(19(20)27)7-10-25(11-8-21)14-17-6-5-16(22)13-23-17/h5-6,13,15,19,27H,2-4,7-12,14H2,1H3,(H,24,26)/t19-,20+/m1/s1. The minimum Gasteiger partial charge on any atom is -0.388 e. The van der Waals surface area contributed by atoms with Crippen LogP contribution in [-0.4, -0.2) is 57.8 Å². The van der Waals surface area contributed by atoms with Crippen LogP contribution >= 0.6 is 11.6 Å². The van der Waals surface area contributed by atoms with E-state index in [4.69, 9.17) is 16.3 Å². The maximum absolute atomic E-state index is 12.5. The predicted octanol–water partition coefficient (Wildman–Crippen LogP) is 2.53. The minimum atomic E-state index is -0.700. The molecule has 1 aromatic heterocycles. The molecule has 1 saturated carbocycles. The Morgan fingerprint density at radius 1 is 1.36 bits per heavy atom. The largest absolute Gasteiger partial charge is 0.388 e. The number of amides is 1. The van der Waals surface area contributed by atoms with Crippen molar-refractivity contribution in [2.24, 2.45) is 5.92 Å². The lowest BCUT2D eigenvalue weighted by atomic mass is 9.72. The summed E-state index contributed by atoms with van der Waals surface area (Å²) in [6.45, 7) is 4.96. The second kappa shape index (κ2) is 7.90. The number of hydrogen-bond acceptors (Lipinski definition) is 5. The third kappa shape index (κ3) is 3.92. The second-order valence-corrected chi connectivity index (χ2v) is 9.28. The number of aliphatic hydroxyl groups is 1. The molecule has 0 aromatic carbocycles. The molecule has 7 heteroatoms. The Hall–Kier alpha value is -1.21. The van der Waals surface area contributed by atoms with Crippen molar-refractivity contribution in [1.82, 2.24) is 15.2 Å². The molecular formula is C21H30ClN3O3. The molecule has 154 valence electrons. The number of aliphatic hydroxyl groups excluding tert-OH is 1. The Morgan fingerprint density at radius 2 is 2.11 bits per heavy atom. The highest BCUT2D eigenvalue weighted by atomic mass is 35.5. The van der Waals surface area contributed by atoms with Gasteiger partial charge in [0.05, 0.1) is 21.9 Å². The zero-order valence-electron chi connectivity index (χ0n) is 16.5. The fourth-order valence-electron chi connectivity index (χ4n) is 4.68. The average molecular weight is 408 g/mol. The number of pyridine rings is 1. The highest BCUT2D eigenvalue weighted by Crippen LogP contribution is 2.40. The summed E-state index contributed by atoms with van der Waals surface area (Å²) in [6.07, 6.45) is 6.17. The minimum absolute atomic E-state index is 0.0936. The second-order valence-electron chi connectivity index (χ2n) is 8.84. The van der Waals surface area contributed by atoms with Gasteiger partial charge in [-0.2, -0.15) is 0 Å². The topological polar surface area (TPSA) is 74.7 Å². The van der Waals surface area contributed by atoms with Crippen LogP contribution in [0.4, 0.5) is 0 Å². The third-order valence-corrected chi connectivity index (χ3v) is 7.10. The molecule has 1 amide bonds. The molecule has 3 heterocycles. The molecule has 0 unspecified atom stereocenters. The zero-order valence-corrected chi connectivity index (χ0v) is 17.2. The number of nitrogens with zero attached hydrogens (tertiary/aromatic N) is 2. The Labute approximate surface area is 171 Å². The summed E-state index contributed by atoms with van der Waals surface area (Å²) in [5.74, 6) is 0.215. The van der Waals surface area contributed by atoms with Crippen LogP contribution in [0.1, 0.15) is 51.1 Å². The van der Waals surface area contributed by atoms with Gasteiger partial charge in [0.25, 0.3) is 0 Å². The first kappa shape index (κ1) is 20.1. The van der Waals surface area contributed by atoms with Crippen molar-refractivity contribution in [2.75, 3.05) is 19.7 Å². The molecule has 2 saturated heterocycles. The number of aromatic nitrogens is 1. The van der Waals surface area contributed by atoms with E-state index in [1.165, 1.54) is 0 Å². The van der Waals surface area contributed by atoms with Crippen molar-refractivity contribution >= 4 is 17.5 Å². The highest BCUT2D eigenvalue weighted by molar-refractivity contribution is 6.30. The smallest absolute Gasteiger partial charge is 0.223 e. The van der Waals surface area contributed by atoms with E-state index >= 15 is 0 Å². The molecule has 2 N–H and O–H groups in total. The van der Waals surface area contributed by atoms with Crippen LogP contribution in [0.2, 0.25) is 5.02 Å². The summed E-state index contributed by atoms with van der Waals surface area (Å²) < 4.78 is 6.15. The summed E-state index contributed by atoms with van der Waals surface area (Å²) >= 11 is 5.91. The molecule has 1 aliphatic carbocycles. The molecule has 6 nitrogen and oxygen atoms in total. The van der Waals surface area contributed by atoms with E-state index in [1.807, 2.05) is 19.1 Å². The van der Waals surface area contributed by atoms with Crippen molar-refractivity contribution in [3.8, 4) is 0 Å². The van der Waals surface area contributed by atoms with Crippen molar-refractivity contribution < 1.29 is 14.6 Å². The summed E-state index contributed by atoms with van der Waals surface area (Å²) in [7, 11) is 0. The molecular weight excluding hydrogens is 378 g/mol. The van der Waals surface area contributed by atoms with Crippen molar-refractivity contribution in [1.29, 1.82) is 0 Å². The van der Waals surface area contributed by atoms with Gasteiger partial charge in [-0.1, -0.05) is 18.0 Å². The van der Waals surface area contributed by atoms with E-state index < -0.39 is 17.2 Å². The van der Waals surface area contributed by atoms with Crippen LogP contribution < -0.4 is 5.32 Å². The monoisotopic (exact) mass is 407 g/mol. The quantitative estimate of drug-likeness (QED) is 0.802. The van der Waals surface area contributed by atoms with Crippen LogP contribution in [0.3, 0.4) is 0 Å². The fourth-order valence-corrected chi connectivity index (χ4v) is 4.80. The van der Waals surface area contributed by atoms with E-state index in [0.717, 1.165) is 57.4 Å². The van der Waals surface area contributed by atoms with Crippen LogP contribution in [0, 0.1) is 5.92 Å². The maximum Gasteiger partial charge on any atom is 0.223 e. The average Bonchev–Trinajstić information content (AvgIpc) is 2.62. The summed E-state index contributed by atoms with van der Waals surface area (Å²) in [5.41, 5.74) is -0.211. The van der Waals surface area contributed by atoms with Crippen LogP contribution in [0.15, 0.2) is 18.3 Å². The Kier molecular flexibility index (Phi) is 5.67. The van der Waals surface area contributed by atoms with Gasteiger partial charge < -0.3 is 15.2 Å². The number of carbonyl (C=O) groups is 1. The normalized spacial score (nSPS) is 30.8. The van der Waals surface area contributed by atoms with Gasteiger partial charge in [0.2, 0.25) is 5.91 Å². The fraction of sp³-hybridized carbons (Fsp3) is 0.714. The molecule has 28 heavy (non-hydrogen) atoms. The predicted molar refractivity (Wildman–Crippen MR) is 107 cm³/mol. The van der Waals surface area contributed by atoms with E-state index in [1.54, 1.807) is 6.20 Å². The number of rotatable bonds is 4. The van der Waals surface area contributed by atoms with Crippen LogP contribution in [0.25, 0.3) is 0 Å². The Balaban J connectivity index is 1.37. The molecule has 4 rings (SSSR count). The van der Waals surface area contributed by atoms with Gasteiger partial charge in [0, 0.05) is 38.4 Å². The number of hydrogen-bond donors (Lipinski definition) is 2. The molecule has 2 aliphatic heterocycles.